The number of amides is 2. The summed E-state index contributed by atoms with van der Waals surface area (Å²) in [5.41, 5.74) is 0. The fourth-order valence-electron chi connectivity index (χ4n) is 3.30. The number of nitrogens with zero attached hydrogens (tertiary/aromatic N) is 3. The van der Waals surface area contributed by atoms with Crippen LogP contribution in [0.3, 0.4) is 0 Å². The molecule has 1 fully saturated rings. The number of hydrogen-bond donors (Lipinski definition) is 2. The number of fused-ring (bicyclic) bond motifs is 2. The summed E-state index contributed by atoms with van der Waals surface area (Å²) in [6, 6.07) is 0. The number of aromatic nitrogens is 3. The van der Waals surface area contributed by atoms with E-state index >= 15 is 0 Å². The summed E-state index contributed by atoms with van der Waals surface area (Å²) in [5.74, 6) is 2.25. The van der Waals surface area contributed by atoms with Crippen molar-refractivity contribution in [3.8, 4) is 0 Å². The highest BCUT2D eigenvalue weighted by Gasteiger charge is 2.36. The number of carbonyl (C=O) groups excluding carboxylic acids is 2. The third-order valence-corrected chi connectivity index (χ3v) is 4.12. The average molecular weight is 301 g/mol. The van der Waals surface area contributed by atoms with Crippen molar-refractivity contribution < 1.29 is 9.59 Å². The van der Waals surface area contributed by atoms with Crippen molar-refractivity contribution in [2.75, 3.05) is 10.6 Å². The van der Waals surface area contributed by atoms with Gasteiger partial charge in [0.05, 0.1) is 0 Å². The summed E-state index contributed by atoms with van der Waals surface area (Å²) < 4.78 is 0. The highest BCUT2D eigenvalue weighted by atomic mass is 16.2. The number of carbonyl (C=O) groups is 2. The van der Waals surface area contributed by atoms with E-state index in [0.29, 0.717) is 23.6 Å². The van der Waals surface area contributed by atoms with Crippen LogP contribution in [-0.4, -0.2) is 26.8 Å². The normalized spacial score (nSPS) is 25.3. The van der Waals surface area contributed by atoms with Crippen molar-refractivity contribution in [3.63, 3.8) is 0 Å². The molecule has 22 heavy (non-hydrogen) atoms. The van der Waals surface area contributed by atoms with Crippen molar-refractivity contribution in [3.05, 3.63) is 18.0 Å². The summed E-state index contributed by atoms with van der Waals surface area (Å²) >= 11 is 0. The van der Waals surface area contributed by atoms with Crippen LogP contribution in [0.15, 0.2) is 12.2 Å². The minimum Gasteiger partial charge on any atom is -0.295 e. The van der Waals surface area contributed by atoms with Crippen LogP contribution in [0.5, 0.6) is 0 Å². The lowest BCUT2D eigenvalue weighted by molar-refractivity contribution is -0.115. The molecule has 1 aromatic rings. The topological polar surface area (TPSA) is 96.9 Å². The Kier molecular flexibility index (Phi) is 3.87. The van der Waals surface area contributed by atoms with E-state index in [9.17, 15) is 9.59 Å². The third-order valence-electron chi connectivity index (χ3n) is 4.12. The Morgan fingerprint density at radius 3 is 2.14 bits per heavy atom. The summed E-state index contributed by atoms with van der Waals surface area (Å²) in [5, 5.41) is 5.10. The molecule has 2 N–H and O–H groups in total. The molecular weight excluding hydrogens is 282 g/mol. The molecule has 3 rings (SSSR count). The number of hydrogen-bond acceptors (Lipinski definition) is 5. The first-order valence-electron chi connectivity index (χ1n) is 7.48. The highest BCUT2D eigenvalue weighted by molar-refractivity contribution is 5.88. The van der Waals surface area contributed by atoms with Gasteiger partial charge >= 0.3 is 0 Å². The molecule has 0 aliphatic heterocycles. The summed E-state index contributed by atoms with van der Waals surface area (Å²) in [6.07, 6.45) is 7.67. The second-order valence-corrected chi connectivity index (χ2v) is 6.01. The van der Waals surface area contributed by atoms with E-state index in [-0.39, 0.29) is 23.7 Å². The maximum absolute atomic E-state index is 11.2. The molecule has 2 bridgehead atoms. The third kappa shape index (κ3) is 3.29. The largest absolute Gasteiger partial charge is 0.295 e. The first kappa shape index (κ1) is 14.6. The lowest BCUT2D eigenvalue weighted by Gasteiger charge is -2.17. The van der Waals surface area contributed by atoms with Crippen LogP contribution in [0.1, 0.15) is 32.5 Å². The monoisotopic (exact) mass is 301 g/mol. The maximum Gasteiger partial charge on any atom is 0.234 e. The molecule has 1 aromatic heterocycles. The van der Waals surface area contributed by atoms with E-state index in [2.05, 4.69) is 37.7 Å². The zero-order valence-corrected chi connectivity index (χ0v) is 12.7. The molecule has 2 amide bonds. The second-order valence-electron chi connectivity index (χ2n) is 6.01. The molecule has 1 saturated carbocycles. The molecule has 2 aliphatic rings. The highest BCUT2D eigenvalue weighted by Crippen LogP contribution is 2.44. The van der Waals surface area contributed by atoms with Crippen LogP contribution in [0, 0.1) is 17.8 Å². The van der Waals surface area contributed by atoms with Crippen LogP contribution in [-0.2, 0) is 16.0 Å². The fraction of sp³-hybridized carbons (Fsp3) is 0.533. The predicted molar refractivity (Wildman–Crippen MR) is 81.0 cm³/mol. The second kappa shape index (κ2) is 5.82. The van der Waals surface area contributed by atoms with E-state index < -0.39 is 0 Å². The summed E-state index contributed by atoms with van der Waals surface area (Å²) in [6.45, 7) is 2.78. The van der Waals surface area contributed by atoms with Gasteiger partial charge in [-0.1, -0.05) is 12.2 Å². The van der Waals surface area contributed by atoms with Gasteiger partial charge in [0.1, 0.15) is 5.82 Å². The number of rotatable bonds is 4. The Bertz CT molecular complexity index is 609. The van der Waals surface area contributed by atoms with E-state index in [1.165, 1.54) is 20.3 Å². The number of anilines is 2. The smallest absolute Gasteiger partial charge is 0.234 e. The lowest BCUT2D eigenvalue weighted by atomic mass is 9.90. The first-order chi connectivity index (χ1) is 10.5. The van der Waals surface area contributed by atoms with Gasteiger partial charge < -0.3 is 0 Å². The van der Waals surface area contributed by atoms with Gasteiger partial charge in [-0.25, -0.2) is 0 Å². The Morgan fingerprint density at radius 1 is 1.05 bits per heavy atom. The van der Waals surface area contributed by atoms with Crippen molar-refractivity contribution in [2.45, 2.75) is 33.1 Å². The molecule has 3 unspecified atom stereocenters. The van der Waals surface area contributed by atoms with Gasteiger partial charge in [-0.2, -0.15) is 15.0 Å². The Hall–Kier alpha value is -2.31. The average Bonchev–Trinajstić information content (AvgIpc) is 2.98. The Labute approximate surface area is 128 Å². The van der Waals surface area contributed by atoms with Crippen LogP contribution in [0.2, 0.25) is 0 Å². The molecule has 7 heteroatoms. The van der Waals surface area contributed by atoms with Gasteiger partial charge in [-0.15, -0.1) is 0 Å². The minimum atomic E-state index is -0.256. The quantitative estimate of drug-likeness (QED) is 0.822. The van der Waals surface area contributed by atoms with Gasteiger partial charge in [0, 0.05) is 20.3 Å². The molecule has 7 nitrogen and oxygen atoms in total. The Balaban J connectivity index is 1.80. The maximum atomic E-state index is 11.2. The van der Waals surface area contributed by atoms with Gasteiger partial charge in [0.2, 0.25) is 23.7 Å². The standard InChI is InChI=1S/C15H19N5O2/c1-8(21)16-14-18-13(19-15(20-14)17-9(2)22)7-12-6-10-3-4-11(12)5-10/h3-4,10-12H,5-7H2,1-2H3,(H2,16,17,18,19,20,21,22). The zero-order valence-electron chi connectivity index (χ0n) is 12.7. The lowest BCUT2D eigenvalue weighted by Crippen LogP contribution is -2.18. The van der Waals surface area contributed by atoms with E-state index in [1.54, 1.807) is 0 Å². The van der Waals surface area contributed by atoms with Crippen molar-refractivity contribution >= 4 is 23.7 Å². The molecule has 0 aromatic carbocycles. The molecule has 0 spiro atoms. The number of allylic oxidation sites excluding steroid dienone is 2. The molecule has 1 heterocycles. The van der Waals surface area contributed by atoms with Crippen LogP contribution in [0.25, 0.3) is 0 Å². The van der Waals surface area contributed by atoms with Crippen LogP contribution >= 0.6 is 0 Å². The molecular formula is C15H19N5O2. The molecule has 0 radical (unpaired) electrons. The fourth-order valence-corrected chi connectivity index (χ4v) is 3.30. The minimum absolute atomic E-state index is 0.181. The van der Waals surface area contributed by atoms with Gasteiger partial charge in [-0.05, 0) is 30.6 Å². The zero-order chi connectivity index (χ0) is 15.7. The van der Waals surface area contributed by atoms with Crippen molar-refractivity contribution in [2.24, 2.45) is 17.8 Å². The molecule has 116 valence electrons. The predicted octanol–water partition coefficient (Wildman–Crippen LogP) is 1.54. The molecule has 2 aliphatic carbocycles. The van der Waals surface area contributed by atoms with Crippen molar-refractivity contribution in [1.82, 2.24) is 15.0 Å². The van der Waals surface area contributed by atoms with E-state index in [4.69, 9.17) is 0 Å². The van der Waals surface area contributed by atoms with Crippen molar-refractivity contribution in [1.29, 1.82) is 0 Å². The first-order valence-corrected chi connectivity index (χ1v) is 7.48. The van der Waals surface area contributed by atoms with Crippen LogP contribution < -0.4 is 10.6 Å². The summed E-state index contributed by atoms with van der Waals surface area (Å²) in [4.78, 5) is 35.0. The van der Waals surface area contributed by atoms with Crippen LogP contribution in [0.4, 0.5) is 11.9 Å². The number of nitrogens with one attached hydrogen (secondary N) is 2. The van der Waals surface area contributed by atoms with E-state index in [1.807, 2.05) is 0 Å². The summed E-state index contributed by atoms with van der Waals surface area (Å²) in [7, 11) is 0. The van der Waals surface area contributed by atoms with Gasteiger partial charge in [-0.3, -0.25) is 20.2 Å². The van der Waals surface area contributed by atoms with E-state index in [0.717, 1.165) is 12.8 Å². The van der Waals surface area contributed by atoms with Gasteiger partial charge in [0.15, 0.2) is 0 Å². The SMILES string of the molecule is CC(=O)Nc1nc(CC2CC3C=CC2C3)nc(NC(C)=O)n1. The van der Waals surface area contributed by atoms with Gasteiger partial charge in [0.25, 0.3) is 0 Å². The Morgan fingerprint density at radius 2 is 1.68 bits per heavy atom. The molecule has 3 atom stereocenters. The molecule has 0 saturated heterocycles.